The molecule has 0 saturated carbocycles. The van der Waals surface area contributed by atoms with Gasteiger partial charge < -0.3 is 0 Å². The summed E-state index contributed by atoms with van der Waals surface area (Å²) in [5.41, 5.74) is 1.43. The van der Waals surface area contributed by atoms with Crippen molar-refractivity contribution in [2.75, 3.05) is 0 Å². The first-order valence-electron chi connectivity index (χ1n) is 4.40. The van der Waals surface area contributed by atoms with Crippen LogP contribution in [0.4, 0.5) is 0 Å². The van der Waals surface area contributed by atoms with Gasteiger partial charge in [0.25, 0.3) is 0 Å². The van der Waals surface area contributed by atoms with Crippen LogP contribution in [0.25, 0.3) is 10.8 Å². The Morgan fingerprint density at radius 2 is 1.40 bits per heavy atom. The predicted molar refractivity (Wildman–Crippen MR) is 67.6 cm³/mol. The van der Waals surface area contributed by atoms with Crippen molar-refractivity contribution < 1.29 is 0 Å². The summed E-state index contributed by atoms with van der Waals surface area (Å²) in [6.07, 6.45) is 0. The Labute approximate surface area is 101 Å². The molecule has 0 aliphatic heterocycles. The number of aryl methyl sites for hydroxylation is 2. The summed E-state index contributed by atoms with van der Waals surface area (Å²) < 4.78 is 1.27. The van der Waals surface area contributed by atoms with Gasteiger partial charge in [0.2, 0.25) is 0 Å². The molecule has 0 aliphatic carbocycles. The fraction of sp³-hybridized carbons (Fsp3) is 0.182. The molecule has 0 N–H and O–H groups in total. The second-order valence-corrected chi connectivity index (χ2v) is 5.69. The molecule has 0 bridgehead atoms. The van der Waals surface area contributed by atoms with E-state index < -0.39 is 0 Å². The monoisotopic (exact) mass is 258 g/mol. The zero-order valence-corrected chi connectivity index (χ0v) is 10.6. The molecule has 0 saturated heterocycles. The van der Waals surface area contributed by atoms with Crippen LogP contribution in [0.1, 0.15) is 11.1 Å². The zero-order valence-electron chi connectivity index (χ0n) is 8.23. The van der Waals surface area contributed by atoms with Crippen molar-refractivity contribution in [1.29, 1.82) is 0 Å². The van der Waals surface area contributed by atoms with Gasteiger partial charge in [-0.25, -0.2) is 0 Å². The van der Waals surface area contributed by atoms with Crippen molar-refractivity contribution in [3.63, 3.8) is 0 Å². The van der Waals surface area contributed by atoms with Gasteiger partial charge in [-0.2, -0.15) is 0 Å². The zero-order chi connectivity index (χ0) is 11.2. The van der Waals surface area contributed by atoms with Gasteiger partial charge in [-0.05, 0) is 37.1 Å². The van der Waals surface area contributed by atoms with Crippen LogP contribution in [0.5, 0.6) is 0 Å². The van der Waals surface area contributed by atoms with Crippen molar-refractivity contribution in [3.8, 4) is 0 Å². The third-order valence-corrected chi connectivity index (χ3v) is 4.00. The van der Waals surface area contributed by atoms with Crippen molar-refractivity contribution in [2.24, 2.45) is 0 Å². The fourth-order valence-electron chi connectivity index (χ4n) is 1.54. The van der Waals surface area contributed by atoms with Gasteiger partial charge in [-0.3, -0.25) is 4.79 Å². The Balaban J connectivity index is 3.08. The number of fused-ring (bicyclic) bond motifs is 1. The van der Waals surface area contributed by atoms with Gasteiger partial charge >= 0.3 is 0 Å². The topological polar surface area (TPSA) is 17.1 Å². The summed E-state index contributed by atoms with van der Waals surface area (Å²) in [6.45, 7) is 3.58. The van der Waals surface area contributed by atoms with Gasteiger partial charge in [0.15, 0.2) is 5.43 Å². The van der Waals surface area contributed by atoms with Gasteiger partial charge in [-0.1, -0.05) is 23.2 Å². The maximum absolute atomic E-state index is 11.7. The lowest BCUT2D eigenvalue weighted by atomic mass is 10.2. The number of hydrogen-bond acceptors (Lipinski definition) is 2. The maximum atomic E-state index is 11.7. The van der Waals surface area contributed by atoms with E-state index in [4.69, 9.17) is 23.2 Å². The van der Waals surface area contributed by atoms with Crippen LogP contribution in [-0.4, -0.2) is 0 Å². The summed E-state index contributed by atoms with van der Waals surface area (Å²) >= 11 is 13.4. The van der Waals surface area contributed by atoms with E-state index in [-0.39, 0.29) is 5.43 Å². The molecule has 1 aromatic heterocycles. The quantitative estimate of drug-likeness (QED) is 0.693. The summed E-state index contributed by atoms with van der Waals surface area (Å²) in [5.74, 6) is 0. The lowest BCUT2D eigenvalue weighted by Gasteiger charge is -1.83. The van der Waals surface area contributed by atoms with E-state index in [0.717, 1.165) is 10.8 Å². The van der Waals surface area contributed by atoms with Crippen LogP contribution in [-0.2, 0) is 0 Å². The number of halogens is 2. The molecule has 78 valence electrons. The number of thiophene rings is 1. The molecule has 0 amide bonds. The van der Waals surface area contributed by atoms with Gasteiger partial charge in [0, 0.05) is 10.8 Å². The highest BCUT2D eigenvalue weighted by atomic mass is 35.5. The highest BCUT2D eigenvalue weighted by Gasteiger charge is 2.09. The summed E-state index contributed by atoms with van der Waals surface area (Å²) in [4.78, 5) is 11.7. The Bertz CT molecular complexity index is 553. The summed E-state index contributed by atoms with van der Waals surface area (Å²) in [7, 11) is 0. The third-order valence-electron chi connectivity index (χ3n) is 2.33. The minimum Gasteiger partial charge on any atom is -0.289 e. The van der Waals surface area contributed by atoms with Crippen LogP contribution in [0, 0.1) is 13.8 Å². The average molecular weight is 259 g/mol. The highest BCUT2D eigenvalue weighted by molar-refractivity contribution is 7.21. The molecule has 2 aromatic rings. The lowest BCUT2D eigenvalue weighted by molar-refractivity contribution is 1.35. The molecule has 0 fully saturated rings. The first-order valence-corrected chi connectivity index (χ1v) is 5.97. The van der Waals surface area contributed by atoms with E-state index >= 15 is 0 Å². The van der Waals surface area contributed by atoms with Crippen LogP contribution in [0.3, 0.4) is 0 Å². The van der Waals surface area contributed by atoms with Gasteiger partial charge in [0.1, 0.15) is 8.67 Å². The Hall–Kier alpha value is -0.570. The molecule has 0 unspecified atom stereocenters. The Morgan fingerprint density at radius 3 is 1.80 bits per heavy atom. The number of hydrogen-bond donors (Lipinski definition) is 0. The highest BCUT2D eigenvalue weighted by Crippen LogP contribution is 2.38. The molecular weight excluding hydrogens is 251 g/mol. The molecule has 2 rings (SSSR count). The molecule has 1 aromatic carbocycles. The second-order valence-electron chi connectivity index (χ2n) is 3.46. The summed E-state index contributed by atoms with van der Waals surface area (Å²) in [5, 5.41) is 1.71. The molecular formula is C11H8Cl2OS. The van der Waals surface area contributed by atoms with Gasteiger partial charge in [0.05, 0.1) is 0 Å². The van der Waals surface area contributed by atoms with Crippen molar-refractivity contribution in [2.45, 2.75) is 13.8 Å². The molecule has 0 radical (unpaired) electrons. The standard InChI is InChI=1S/C11H8Cl2OS/c1-5-3-7-8(4-6(2)9(5)14)11(13)15-10(7)12/h3-4H,1-2H3. The average Bonchev–Trinajstić information content (AvgIpc) is 2.36. The second kappa shape index (κ2) is 3.78. The molecule has 15 heavy (non-hydrogen) atoms. The van der Waals surface area contributed by atoms with E-state index in [1.807, 2.05) is 0 Å². The van der Waals surface area contributed by atoms with Crippen LogP contribution < -0.4 is 5.43 Å². The lowest BCUT2D eigenvalue weighted by Crippen LogP contribution is -2.03. The maximum Gasteiger partial charge on any atom is 0.184 e. The predicted octanol–water partition coefficient (Wildman–Crippen LogP) is 4.19. The van der Waals surface area contributed by atoms with E-state index in [9.17, 15) is 4.79 Å². The Kier molecular flexibility index (Phi) is 2.75. The van der Waals surface area contributed by atoms with Gasteiger partial charge in [-0.15, -0.1) is 11.3 Å². The minimum atomic E-state index is 0.0448. The van der Waals surface area contributed by atoms with E-state index in [0.29, 0.717) is 19.8 Å². The SMILES string of the molecule is Cc1cc2c(Cl)sc(Cl)c2cc(C)c1=O. The third kappa shape index (κ3) is 1.78. The minimum absolute atomic E-state index is 0.0448. The molecule has 4 heteroatoms. The van der Waals surface area contributed by atoms with E-state index in [2.05, 4.69) is 0 Å². The number of rotatable bonds is 0. The van der Waals surface area contributed by atoms with E-state index in [1.54, 1.807) is 26.0 Å². The van der Waals surface area contributed by atoms with Crippen LogP contribution in [0.2, 0.25) is 8.67 Å². The largest absolute Gasteiger partial charge is 0.289 e. The fourth-order valence-corrected chi connectivity index (χ4v) is 3.15. The first-order chi connectivity index (χ1) is 7.00. The molecule has 1 heterocycles. The van der Waals surface area contributed by atoms with Crippen molar-refractivity contribution in [3.05, 3.63) is 42.2 Å². The molecule has 1 nitrogen and oxygen atoms in total. The molecule has 0 atom stereocenters. The molecule has 0 aliphatic rings. The molecule has 0 spiro atoms. The smallest absolute Gasteiger partial charge is 0.184 e. The van der Waals surface area contributed by atoms with E-state index in [1.165, 1.54) is 11.3 Å². The van der Waals surface area contributed by atoms with Crippen molar-refractivity contribution in [1.82, 2.24) is 0 Å². The van der Waals surface area contributed by atoms with Crippen molar-refractivity contribution >= 4 is 45.3 Å². The summed E-state index contributed by atoms with van der Waals surface area (Å²) in [6, 6.07) is 3.60. The first kappa shape index (κ1) is 10.9. The van der Waals surface area contributed by atoms with Crippen LogP contribution >= 0.6 is 34.5 Å². The Morgan fingerprint density at radius 1 is 1.00 bits per heavy atom. The normalized spacial score (nSPS) is 10.9. The van der Waals surface area contributed by atoms with Crippen LogP contribution in [0.15, 0.2) is 16.9 Å².